The largest absolute Gasteiger partial charge is 0.469 e. The van der Waals surface area contributed by atoms with Gasteiger partial charge >= 0.3 is 5.97 Å². The normalized spacial score (nSPS) is 18.9. The second-order valence-corrected chi connectivity index (χ2v) is 22.9. The van der Waals surface area contributed by atoms with Crippen LogP contribution in [0, 0.1) is 23.7 Å². The molecular formula is C61H83N13O15. The zero-order chi connectivity index (χ0) is 65.8. The fraction of sp³-hybridized carbons (Fsp3) is 0.492. The molecule has 13 atom stereocenters. The molecule has 28 heteroatoms. The Bertz CT molecular complexity index is 3030. The first kappa shape index (κ1) is 70.5. The van der Waals surface area contributed by atoms with Crippen LogP contribution in [0.2, 0.25) is 0 Å². The summed E-state index contributed by atoms with van der Waals surface area (Å²) in [7, 11) is 1.06. The van der Waals surface area contributed by atoms with Crippen LogP contribution in [0.4, 0.5) is 0 Å². The third kappa shape index (κ3) is 20.7. The highest BCUT2D eigenvalue weighted by Gasteiger charge is 2.61. The van der Waals surface area contributed by atoms with Crippen LogP contribution in [0.5, 0.6) is 0 Å². The number of hydrogen-bond donors (Lipinski definition) is 13. The lowest BCUT2D eigenvalue weighted by molar-refractivity contribution is -0.144. The van der Waals surface area contributed by atoms with Gasteiger partial charge in [-0.3, -0.25) is 62.3 Å². The van der Waals surface area contributed by atoms with Crippen molar-refractivity contribution in [2.75, 3.05) is 20.2 Å². The molecule has 2 aliphatic rings. The van der Waals surface area contributed by atoms with E-state index in [-0.39, 0.29) is 32.2 Å². The van der Waals surface area contributed by atoms with Crippen molar-refractivity contribution in [1.29, 1.82) is 0 Å². The maximum absolute atomic E-state index is 14.0. The maximum Gasteiger partial charge on any atom is 0.311 e. The Morgan fingerprint density at radius 3 is 1.60 bits per heavy atom. The van der Waals surface area contributed by atoms with Gasteiger partial charge in [-0.15, -0.1) is 0 Å². The van der Waals surface area contributed by atoms with Crippen LogP contribution in [0.25, 0.3) is 0 Å². The third-order valence-corrected chi connectivity index (χ3v) is 15.2. The Hall–Kier alpha value is -9.31. The predicted octanol–water partition coefficient (Wildman–Crippen LogP) is -3.48. The number of amides is 12. The van der Waals surface area contributed by atoms with E-state index >= 15 is 0 Å². The Morgan fingerprint density at radius 2 is 1.08 bits per heavy atom. The number of rotatable bonds is 32. The lowest BCUT2D eigenvalue weighted by Crippen LogP contribution is -2.62. The number of nitrogens with two attached hydrogens (primary N) is 3. The van der Waals surface area contributed by atoms with Crippen molar-refractivity contribution in [3.05, 3.63) is 108 Å². The fourth-order valence-electron chi connectivity index (χ4n) is 10.2. The molecule has 1 saturated carbocycles. The average Bonchev–Trinajstić information content (AvgIpc) is 1.63. The molecule has 28 nitrogen and oxygen atoms in total. The number of ether oxygens (including phenoxy) is 1. The van der Waals surface area contributed by atoms with Crippen LogP contribution in [-0.4, -0.2) is 174 Å². The van der Waals surface area contributed by atoms with E-state index < -0.39 is 180 Å². The zero-order valence-electron chi connectivity index (χ0n) is 50.8. The molecule has 0 unspecified atom stereocenters. The van der Waals surface area contributed by atoms with Gasteiger partial charge in [0.05, 0.1) is 50.1 Å². The topological polar surface area (TPSA) is 441 Å². The number of hydrogen-bond acceptors (Lipinski definition) is 16. The van der Waals surface area contributed by atoms with Gasteiger partial charge in [-0.2, -0.15) is 0 Å². The van der Waals surface area contributed by atoms with E-state index in [1.54, 1.807) is 86.6 Å². The Morgan fingerprint density at radius 1 is 0.562 bits per heavy atom. The standard InChI is InChI=1S/C61H83N13O15/c1-31(2)47(71-55(82)41(29-43(63)76)69-59(86)49(34(6)75)73-56(83)42-24-17-25-74(42)60(87)48(32(3)4)72-53(80)38(62)26-35-18-11-8-12-19-35)58(85)65-30-44(77)70-50-45(46(50)61(88)89-7)57(84)68-40(28-37-22-15-10-16-23-37)54(81)66-33(5)52(79)67-39(51(64)78)27-36-20-13-9-14-21-36/h8-16,18-23,31-34,38-42,45-50,75H,17,24-30,62H2,1-7H3,(H2,63,76)(H2,64,78)(H,65,85)(H,66,81)(H,67,79)(H,68,84)(H,69,86)(H,70,77)(H,71,82)(H,72,80)(H,73,83)/t33-,34+,38-,39-,40-,41-,42-,45+,46+,47-,48-,49-,50+/m0/s1. The molecule has 3 aromatic carbocycles. The fourth-order valence-corrected chi connectivity index (χ4v) is 10.2. The van der Waals surface area contributed by atoms with Crippen LogP contribution >= 0.6 is 0 Å². The Kier molecular flexibility index (Phi) is 26.2. The summed E-state index contributed by atoms with van der Waals surface area (Å²) < 4.78 is 4.91. The van der Waals surface area contributed by atoms with Crippen LogP contribution in [-0.2, 0) is 86.3 Å². The quantitative estimate of drug-likeness (QED) is 0.0270. The number of esters is 1. The molecule has 89 heavy (non-hydrogen) atoms. The van der Waals surface area contributed by atoms with Gasteiger partial charge in [0.25, 0.3) is 0 Å². The van der Waals surface area contributed by atoms with Crippen molar-refractivity contribution in [1.82, 2.24) is 52.8 Å². The SMILES string of the molecule is COC(=O)[C@H]1[C@H](NC(=O)CNC(=O)[C@@H](NC(=O)[C@H](CC(N)=O)NC(=O)[C@@H](NC(=O)[C@@H]2CCCN2C(=O)[C@@H](NC(=O)[C@@H](N)Cc2ccccc2)C(C)C)[C@@H](C)O)C(C)C)[C@@H]1C(=O)N[C@@H](Cc1ccccc1)C(=O)N[C@@H](C)C(=O)N[C@@H](Cc1ccccc1)C(N)=O. The van der Waals surface area contributed by atoms with Gasteiger partial charge in [0.1, 0.15) is 48.3 Å². The Balaban J connectivity index is 1.19. The lowest BCUT2D eigenvalue weighted by Gasteiger charge is -2.32. The van der Waals surface area contributed by atoms with E-state index in [4.69, 9.17) is 21.9 Å². The van der Waals surface area contributed by atoms with E-state index in [1.807, 2.05) is 18.2 Å². The van der Waals surface area contributed by atoms with Crippen molar-refractivity contribution in [3.8, 4) is 0 Å². The molecule has 1 saturated heterocycles. The van der Waals surface area contributed by atoms with E-state index in [0.717, 1.165) is 18.2 Å². The van der Waals surface area contributed by atoms with Crippen LogP contribution < -0.4 is 65.1 Å². The number of aliphatic hydroxyl groups excluding tert-OH is 1. The number of benzene rings is 3. The number of likely N-dealkylation sites (tertiary alicyclic amines) is 1. The summed E-state index contributed by atoms with van der Waals surface area (Å²) in [5, 5.41) is 33.3. The molecular weight excluding hydrogens is 1150 g/mol. The number of aliphatic hydroxyl groups is 1. The average molecular weight is 1240 g/mol. The molecule has 3 aromatic rings. The van der Waals surface area contributed by atoms with E-state index in [0.29, 0.717) is 12.0 Å². The third-order valence-electron chi connectivity index (χ3n) is 15.2. The summed E-state index contributed by atoms with van der Waals surface area (Å²) in [5.74, 6) is -15.0. The maximum atomic E-state index is 14.0. The molecule has 12 amide bonds. The van der Waals surface area contributed by atoms with Gasteiger partial charge in [-0.25, -0.2) is 0 Å². The molecule has 0 radical (unpaired) electrons. The van der Waals surface area contributed by atoms with Gasteiger partial charge in [-0.1, -0.05) is 119 Å². The monoisotopic (exact) mass is 1240 g/mol. The summed E-state index contributed by atoms with van der Waals surface area (Å²) >= 11 is 0. The molecule has 0 aromatic heterocycles. The smallest absolute Gasteiger partial charge is 0.311 e. The first-order chi connectivity index (χ1) is 42.1. The van der Waals surface area contributed by atoms with Crippen molar-refractivity contribution in [3.63, 3.8) is 0 Å². The summed E-state index contributed by atoms with van der Waals surface area (Å²) in [6.45, 7) is 8.37. The molecule has 1 aliphatic carbocycles. The minimum atomic E-state index is -1.79. The van der Waals surface area contributed by atoms with Crippen molar-refractivity contribution < 1.29 is 72.2 Å². The van der Waals surface area contributed by atoms with E-state index in [9.17, 15) is 67.4 Å². The minimum absolute atomic E-state index is 0.0781. The van der Waals surface area contributed by atoms with E-state index in [2.05, 4.69) is 47.9 Å². The first-order valence-electron chi connectivity index (χ1n) is 29.3. The number of nitrogens with zero attached hydrogens (tertiary/aromatic N) is 1. The Labute approximate surface area is 515 Å². The molecule has 16 N–H and O–H groups in total. The second kappa shape index (κ2) is 33.2. The molecule has 0 bridgehead atoms. The van der Waals surface area contributed by atoms with Crippen LogP contribution in [0.1, 0.15) is 77.5 Å². The van der Waals surface area contributed by atoms with E-state index in [1.165, 1.54) is 32.6 Å². The number of carbonyl (C=O) groups is 13. The lowest BCUT2D eigenvalue weighted by atomic mass is 10.00. The van der Waals surface area contributed by atoms with Crippen molar-refractivity contribution in [2.45, 2.75) is 147 Å². The summed E-state index contributed by atoms with van der Waals surface area (Å²) in [4.78, 5) is 176. The highest BCUT2D eigenvalue weighted by Crippen LogP contribution is 2.40. The molecule has 2 fully saturated rings. The number of methoxy groups -OCH3 is 1. The minimum Gasteiger partial charge on any atom is -0.469 e. The summed E-state index contributed by atoms with van der Waals surface area (Å²) in [6, 6.07) is 13.2. The second-order valence-electron chi connectivity index (χ2n) is 22.9. The highest BCUT2D eigenvalue weighted by molar-refractivity contribution is 6.00. The van der Waals surface area contributed by atoms with Gasteiger partial charge in [0.15, 0.2) is 0 Å². The summed E-state index contributed by atoms with van der Waals surface area (Å²) in [6.07, 6.45) is -1.72. The molecule has 5 rings (SSSR count). The highest BCUT2D eigenvalue weighted by atomic mass is 16.5. The van der Waals surface area contributed by atoms with Crippen molar-refractivity contribution >= 4 is 76.9 Å². The number of nitrogens with one attached hydrogen (secondary N) is 9. The predicted molar refractivity (Wildman–Crippen MR) is 321 cm³/mol. The van der Waals surface area contributed by atoms with Crippen LogP contribution in [0.3, 0.4) is 0 Å². The molecule has 1 heterocycles. The van der Waals surface area contributed by atoms with Crippen molar-refractivity contribution in [2.24, 2.45) is 40.9 Å². The van der Waals surface area contributed by atoms with Gasteiger partial charge in [0.2, 0.25) is 70.9 Å². The first-order valence-corrected chi connectivity index (χ1v) is 29.3. The zero-order valence-corrected chi connectivity index (χ0v) is 50.8. The van der Waals surface area contributed by atoms with Gasteiger partial charge < -0.3 is 79.8 Å². The van der Waals surface area contributed by atoms with Gasteiger partial charge in [-0.05, 0) is 61.6 Å². The molecule has 1 aliphatic heterocycles. The number of carbonyl (C=O) groups excluding carboxylic acids is 13. The molecule has 482 valence electrons. The van der Waals surface area contributed by atoms with Crippen LogP contribution in [0.15, 0.2) is 91.0 Å². The number of primary amides is 2. The summed E-state index contributed by atoms with van der Waals surface area (Å²) in [5.41, 5.74) is 19.4. The van der Waals surface area contributed by atoms with Gasteiger partial charge in [0, 0.05) is 19.4 Å². The molecule has 0 spiro atoms.